The van der Waals surface area contributed by atoms with Crippen LogP contribution in [0.5, 0.6) is 0 Å². The summed E-state index contributed by atoms with van der Waals surface area (Å²) in [4.78, 5) is 0. The van der Waals surface area contributed by atoms with Gasteiger partial charge in [-0.3, -0.25) is 0 Å². The van der Waals surface area contributed by atoms with E-state index in [2.05, 4.69) is 161 Å². The maximum Gasteiger partial charge on any atom is 0.213 e. The van der Waals surface area contributed by atoms with E-state index in [1.54, 1.807) is 0 Å². The molecule has 214 valence electrons. The first-order valence-corrected chi connectivity index (χ1v) is 15.6. The van der Waals surface area contributed by atoms with Crippen molar-refractivity contribution in [2.24, 2.45) is 13.0 Å². The summed E-state index contributed by atoms with van der Waals surface area (Å²) in [5.41, 5.74) is 11.8. The molecule has 0 aliphatic rings. The molecule has 2 nitrogen and oxygen atoms in total. The molecule has 43 heavy (non-hydrogen) atoms. The molecule has 0 saturated carbocycles. The van der Waals surface area contributed by atoms with E-state index in [1.807, 2.05) is 0 Å². The highest BCUT2D eigenvalue weighted by Gasteiger charge is 2.26. The normalized spacial score (nSPS) is 12.4. The molecule has 0 spiro atoms. The van der Waals surface area contributed by atoms with E-state index in [9.17, 15) is 0 Å². The van der Waals surface area contributed by atoms with E-state index in [4.69, 9.17) is 0 Å². The number of rotatable bonds is 4. The van der Waals surface area contributed by atoms with Crippen LogP contribution in [0.25, 0.3) is 60.4 Å². The first-order valence-electron chi connectivity index (χ1n) is 15.6. The molecule has 7 rings (SSSR count). The summed E-state index contributed by atoms with van der Waals surface area (Å²) in [7, 11) is 2.24. The third-order valence-electron chi connectivity index (χ3n) is 9.22. The third-order valence-corrected chi connectivity index (χ3v) is 9.22. The van der Waals surface area contributed by atoms with Gasteiger partial charge in [-0.2, -0.15) is 4.57 Å². The molecule has 0 N–H and O–H groups in total. The lowest BCUT2D eigenvalue weighted by Crippen LogP contribution is -2.33. The molecule has 0 aliphatic heterocycles. The number of nitrogens with zero attached hydrogens (tertiary/aromatic N) is 2. The van der Waals surface area contributed by atoms with E-state index in [-0.39, 0.29) is 5.41 Å². The van der Waals surface area contributed by atoms with Crippen LogP contribution in [0.15, 0.2) is 103 Å². The van der Waals surface area contributed by atoms with Crippen LogP contribution in [0.4, 0.5) is 0 Å². The number of para-hydroxylation sites is 2. The fourth-order valence-electron chi connectivity index (χ4n) is 7.16. The van der Waals surface area contributed by atoms with Crippen LogP contribution < -0.4 is 4.57 Å². The zero-order valence-electron chi connectivity index (χ0n) is 26.5. The summed E-state index contributed by atoms with van der Waals surface area (Å²) < 4.78 is 4.85. The largest absolute Gasteiger partial charge is 0.309 e. The second-order valence-corrected chi connectivity index (χ2v) is 13.7. The minimum absolute atomic E-state index is 0.0372. The Hall–Kier alpha value is -4.43. The van der Waals surface area contributed by atoms with E-state index < -0.39 is 0 Å². The first-order chi connectivity index (χ1) is 20.6. The van der Waals surface area contributed by atoms with Crippen LogP contribution in [0.1, 0.15) is 51.3 Å². The highest BCUT2D eigenvalue weighted by atomic mass is 15.0. The summed E-state index contributed by atoms with van der Waals surface area (Å²) in [5.74, 6) is 0.545. The van der Waals surface area contributed by atoms with Gasteiger partial charge in [-0.1, -0.05) is 95.3 Å². The van der Waals surface area contributed by atoms with Crippen LogP contribution in [0, 0.1) is 12.8 Å². The number of benzene rings is 5. The Balaban J connectivity index is 1.52. The van der Waals surface area contributed by atoms with Gasteiger partial charge in [0.15, 0.2) is 0 Å². The van der Waals surface area contributed by atoms with Gasteiger partial charge >= 0.3 is 0 Å². The molecule has 2 aromatic heterocycles. The molecule has 0 bridgehead atoms. The molecule has 0 amide bonds. The van der Waals surface area contributed by atoms with Crippen LogP contribution in [-0.4, -0.2) is 4.57 Å². The molecular weight excluding hydrogens is 520 g/mol. The van der Waals surface area contributed by atoms with Crippen molar-refractivity contribution in [1.29, 1.82) is 0 Å². The Morgan fingerprint density at radius 2 is 1.26 bits per heavy atom. The van der Waals surface area contributed by atoms with Gasteiger partial charge < -0.3 is 4.57 Å². The van der Waals surface area contributed by atoms with Crippen LogP contribution >= 0.6 is 0 Å². The summed E-state index contributed by atoms with van der Waals surface area (Å²) in [5, 5.41) is 6.62. The Kier molecular flexibility index (Phi) is 6.43. The van der Waals surface area contributed by atoms with E-state index in [0.29, 0.717) is 5.92 Å². The highest BCUT2D eigenvalue weighted by Crippen LogP contribution is 2.39. The summed E-state index contributed by atoms with van der Waals surface area (Å²) in [6, 6.07) is 38.4. The molecule has 0 radical (unpaired) electrons. The molecule has 0 atom stereocenters. The Bertz CT molecular complexity index is 2130. The van der Waals surface area contributed by atoms with Crippen molar-refractivity contribution in [1.82, 2.24) is 4.57 Å². The van der Waals surface area contributed by atoms with Gasteiger partial charge in [-0.05, 0) is 82.5 Å². The van der Waals surface area contributed by atoms with E-state index >= 15 is 0 Å². The quantitative estimate of drug-likeness (QED) is 0.189. The number of hydrogen-bond acceptors (Lipinski definition) is 0. The van der Waals surface area contributed by atoms with Gasteiger partial charge in [0.05, 0.1) is 16.4 Å². The lowest BCUT2D eigenvalue weighted by Gasteiger charge is -2.24. The second-order valence-electron chi connectivity index (χ2n) is 13.7. The zero-order chi connectivity index (χ0) is 30.0. The second kappa shape index (κ2) is 10.1. The predicted molar refractivity (Wildman–Crippen MR) is 184 cm³/mol. The first kappa shape index (κ1) is 27.4. The fraction of sp³-hybridized carbons (Fsp3) is 0.244. The summed E-state index contributed by atoms with van der Waals surface area (Å²) >= 11 is 0. The van der Waals surface area contributed by atoms with Gasteiger partial charge in [0.25, 0.3) is 0 Å². The topological polar surface area (TPSA) is 8.81 Å². The van der Waals surface area contributed by atoms with Gasteiger partial charge in [0.2, 0.25) is 11.2 Å². The van der Waals surface area contributed by atoms with Crippen molar-refractivity contribution in [3.05, 3.63) is 120 Å². The average molecular weight is 562 g/mol. The average Bonchev–Trinajstić information content (AvgIpc) is 3.32. The number of aryl methyl sites for hydroxylation is 2. The van der Waals surface area contributed by atoms with Crippen molar-refractivity contribution in [2.45, 2.75) is 53.4 Å². The molecule has 0 aliphatic carbocycles. The van der Waals surface area contributed by atoms with Crippen molar-refractivity contribution >= 4 is 43.5 Å². The maximum absolute atomic E-state index is 2.47. The van der Waals surface area contributed by atoms with Crippen molar-refractivity contribution in [3.8, 4) is 16.9 Å². The number of fused-ring (bicyclic) bond motifs is 5. The summed E-state index contributed by atoms with van der Waals surface area (Å²) in [6.45, 7) is 13.9. The minimum atomic E-state index is 0.0372. The standard InChI is InChI=1S/C41H41N2/c1-26(2)22-28-23-40(34-25-36(41(4,5)6)31-15-9-8-14-30(31)27(34)3)42(7)37-21-20-29(24-35(28)37)43-38-18-12-10-16-32(38)33-17-11-13-19-39(33)43/h8-21,23-26H,22H2,1-7H3/q+1. The van der Waals surface area contributed by atoms with Gasteiger partial charge in [-0.25, -0.2) is 0 Å². The van der Waals surface area contributed by atoms with E-state index in [0.717, 1.165) is 6.42 Å². The van der Waals surface area contributed by atoms with E-state index in [1.165, 1.54) is 77.1 Å². The molecule has 0 saturated heterocycles. The predicted octanol–water partition coefficient (Wildman–Crippen LogP) is 10.4. The van der Waals surface area contributed by atoms with Crippen LogP contribution in [0.2, 0.25) is 0 Å². The molecule has 2 heteroatoms. The molecule has 0 fully saturated rings. The molecule has 5 aromatic carbocycles. The SMILES string of the molecule is Cc1c(-c2cc(CC(C)C)c3cc(-n4c5ccccc5c5ccccc54)ccc3[n+]2C)cc(C(C)(C)C)c2ccccc12. The van der Waals surface area contributed by atoms with Gasteiger partial charge in [-0.15, -0.1) is 0 Å². The highest BCUT2D eigenvalue weighted by molar-refractivity contribution is 6.09. The maximum atomic E-state index is 2.47. The molecular formula is C41H41N2+. The summed E-state index contributed by atoms with van der Waals surface area (Å²) in [6.07, 6.45) is 1.03. The zero-order valence-corrected chi connectivity index (χ0v) is 26.5. The Morgan fingerprint density at radius 3 is 1.86 bits per heavy atom. The fourth-order valence-corrected chi connectivity index (χ4v) is 7.16. The van der Waals surface area contributed by atoms with Gasteiger partial charge in [0.1, 0.15) is 7.05 Å². The van der Waals surface area contributed by atoms with Gasteiger partial charge in [0, 0.05) is 34.2 Å². The van der Waals surface area contributed by atoms with Crippen molar-refractivity contribution < 1.29 is 4.57 Å². The number of pyridine rings is 1. The van der Waals surface area contributed by atoms with Crippen molar-refractivity contribution in [3.63, 3.8) is 0 Å². The smallest absolute Gasteiger partial charge is 0.213 e. The Morgan fingerprint density at radius 1 is 0.674 bits per heavy atom. The minimum Gasteiger partial charge on any atom is -0.309 e. The lowest BCUT2D eigenvalue weighted by atomic mass is 9.80. The monoisotopic (exact) mass is 561 g/mol. The molecule has 0 unspecified atom stereocenters. The lowest BCUT2D eigenvalue weighted by molar-refractivity contribution is -0.633. The number of hydrogen-bond donors (Lipinski definition) is 0. The van der Waals surface area contributed by atoms with Crippen LogP contribution in [0.3, 0.4) is 0 Å². The molecule has 2 heterocycles. The third kappa shape index (κ3) is 4.43. The molecule has 7 aromatic rings. The number of aromatic nitrogens is 2. The van der Waals surface area contributed by atoms with Crippen LogP contribution in [-0.2, 0) is 18.9 Å². The van der Waals surface area contributed by atoms with Crippen molar-refractivity contribution in [2.75, 3.05) is 0 Å². The Labute approximate surface area is 255 Å².